The van der Waals surface area contributed by atoms with E-state index >= 15 is 0 Å². The summed E-state index contributed by atoms with van der Waals surface area (Å²) in [5.74, 6) is 0.529. The van der Waals surface area contributed by atoms with E-state index in [9.17, 15) is 0 Å². The second kappa shape index (κ2) is 3.89. The van der Waals surface area contributed by atoms with Crippen LogP contribution in [-0.2, 0) is 0 Å². The number of benzene rings is 2. The average Bonchev–Trinajstić information content (AvgIpc) is 2.77. The summed E-state index contributed by atoms with van der Waals surface area (Å²) in [5, 5.41) is 2.74. The van der Waals surface area contributed by atoms with Crippen molar-refractivity contribution in [2.45, 2.75) is 13.8 Å². The Hall–Kier alpha value is -1.82. The van der Waals surface area contributed by atoms with Crippen LogP contribution in [0.4, 0.5) is 0 Å². The molecule has 0 aliphatic heterocycles. The molecule has 0 heterocycles. The highest BCUT2D eigenvalue weighted by atomic mass is 14.2. The zero-order valence-electron chi connectivity index (χ0n) is 10.3. The number of fused-ring (bicyclic) bond motifs is 1. The van der Waals surface area contributed by atoms with E-state index in [2.05, 4.69) is 68.5 Å². The number of allylic oxidation sites excluding steroid dienone is 4. The summed E-state index contributed by atoms with van der Waals surface area (Å²) in [4.78, 5) is 0. The fourth-order valence-corrected chi connectivity index (χ4v) is 2.62. The number of hydrogen-bond donors (Lipinski definition) is 0. The van der Waals surface area contributed by atoms with Gasteiger partial charge in [0.2, 0.25) is 0 Å². The van der Waals surface area contributed by atoms with E-state index in [1.807, 2.05) is 0 Å². The Labute approximate surface area is 102 Å². The van der Waals surface area contributed by atoms with Gasteiger partial charge in [0, 0.05) is 0 Å². The highest BCUT2D eigenvalue weighted by Gasteiger charge is 2.14. The Bertz CT molecular complexity index is 630. The predicted molar refractivity (Wildman–Crippen MR) is 75.0 cm³/mol. The van der Waals surface area contributed by atoms with Gasteiger partial charge in [-0.05, 0) is 40.3 Å². The molecule has 0 radical (unpaired) electrons. The number of hydrogen-bond acceptors (Lipinski definition) is 0. The SMILES string of the molecule is Cc1ccc(C2=CC=CC2C)c2ccccc12. The molecule has 1 unspecified atom stereocenters. The van der Waals surface area contributed by atoms with Crippen molar-refractivity contribution < 1.29 is 0 Å². The van der Waals surface area contributed by atoms with Crippen LogP contribution < -0.4 is 0 Å². The normalized spacial score (nSPS) is 18.7. The van der Waals surface area contributed by atoms with Crippen molar-refractivity contribution in [3.8, 4) is 0 Å². The molecule has 1 aliphatic rings. The molecule has 84 valence electrons. The number of aryl methyl sites for hydroxylation is 1. The zero-order chi connectivity index (χ0) is 11.8. The third kappa shape index (κ3) is 1.61. The van der Waals surface area contributed by atoms with Gasteiger partial charge in [-0.25, -0.2) is 0 Å². The Morgan fingerprint density at radius 1 is 0.941 bits per heavy atom. The lowest BCUT2D eigenvalue weighted by molar-refractivity contribution is 0.983. The third-order valence-electron chi connectivity index (χ3n) is 3.62. The molecular weight excluding hydrogens is 204 g/mol. The summed E-state index contributed by atoms with van der Waals surface area (Å²) in [5.41, 5.74) is 4.16. The lowest BCUT2D eigenvalue weighted by Gasteiger charge is -2.13. The van der Waals surface area contributed by atoms with Crippen molar-refractivity contribution in [2.75, 3.05) is 0 Å². The fraction of sp³-hybridized carbons (Fsp3) is 0.176. The van der Waals surface area contributed by atoms with Gasteiger partial charge >= 0.3 is 0 Å². The number of rotatable bonds is 1. The van der Waals surface area contributed by atoms with Crippen molar-refractivity contribution in [3.63, 3.8) is 0 Å². The monoisotopic (exact) mass is 220 g/mol. The quantitative estimate of drug-likeness (QED) is 0.651. The standard InChI is InChI=1S/C17H16/c1-12-6-5-9-15(12)17-11-10-13(2)14-7-3-4-8-16(14)17/h3-12H,1-2H3. The van der Waals surface area contributed by atoms with Crippen molar-refractivity contribution in [3.05, 3.63) is 65.8 Å². The van der Waals surface area contributed by atoms with E-state index in [1.165, 1.54) is 27.5 Å². The minimum atomic E-state index is 0.529. The Balaban J connectivity index is 2.28. The molecule has 0 nitrogen and oxygen atoms in total. The first-order valence-electron chi connectivity index (χ1n) is 6.14. The van der Waals surface area contributed by atoms with E-state index < -0.39 is 0 Å². The van der Waals surface area contributed by atoms with Crippen molar-refractivity contribution in [1.29, 1.82) is 0 Å². The topological polar surface area (TPSA) is 0 Å². The molecule has 0 saturated carbocycles. The lowest BCUT2D eigenvalue weighted by atomic mass is 9.91. The molecule has 0 heteroatoms. The molecule has 3 rings (SSSR count). The predicted octanol–water partition coefficient (Wildman–Crippen LogP) is 4.74. The fourth-order valence-electron chi connectivity index (χ4n) is 2.62. The van der Waals surface area contributed by atoms with Crippen LogP contribution in [-0.4, -0.2) is 0 Å². The van der Waals surface area contributed by atoms with Gasteiger partial charge in [0.15, 0.2) is 0 Å². The molecule has 0 spiro atoms. The summed E-state index contributed by atoms with van der Waals surface area (Å²) < 4.78 is 0. The van der Waals surface area contributed by atoms with E-state index in [-0.39, 0.29) is 0 Å². The molecule has 0 bridgehead atoms. The molecule has 0 saturated heterocycles. The second-order valence-electron chi connectivity index (χ2n) is 4.77. The van der Waals surface area contributed by atoms with Gasteiger partial charge in [-0.1, -0.05) is 61.5 Å². The first kappa shape index (κ1) is 10.3. The summed E-state index contributed by atoms with van der Waals surface area (Å²) >= 11 is 0. The first-order valence-corrected chi connectivity index (χ1v) is 6.14. The van der Waals surface area contributed by atoms with Crippen LogP contribution >= 0.6 is 0 Å². The molecule has 1 aliphatic carbocycles. The summed E-state index contributed by atoms with van der Waals surface area (Å²) in [7, 11) is 0. The molecule has 0 aromatic heterocycles. The van der Waals surface area contributed by atoms with Crippen LogP contribution in [0.2, 0.25) is 0 Å². The van der Waals surface area contributed by atoms with Gasteiger partial charge in [0.05, 0.1) is 0 Å². The molecule has 0 amide bonds. The van der Waals surface area contributed by atoms with E-state index in [0.29, 0.717) is 5.92 Å². The summed E-state index contributed by atoms with van der Waals surface area (Å²) in [6.07, 6.45) is 6.65. The summed E-state index contributed by atoms with van der Waals surface area (Å²) in [6, 6.07) is 13.2. The van der Waals surface area contributed by atoms with Gasteiger partial charge in [0.25, 0.3) is 0 Å². The maximum atomic E-state index is 2.26. The minimum absolute atomic E-state index is 0.529. The van der Waals surface area contributed by atoms with Gasteiger partial charge in [0.1, 0.15) is 0 Å². The zero-order valence-corrected chi connectivity index (χ0v) is 10.3. The van der Waals surface area contributed by atoms with E-state index in [0.717, 1.165) is 0 Å². The molecule has 0 N–H and O–H groups in total. The van der Waals surface area contributed by atoms with Gasteiger partial charge < -0.3 is 0 Å². The van der Waals surface area contributed by atoms with E-state index in [1.54, 1.807) is 0 Å². The van der Waals surface area contributed by atoms with Crippen LogP contribution in [0.25, 0.3) is 16.3 Å². The molecule has 17 heavy (non-hydrogen) atoms. The molecule has 1 atom stereocenters. The maximum Gasteiger partial charge on any atom is -0.000117 e. The van der Waals surface area contributed by atoms with Crippen LogP contribution in [0.1, 0.15) is 18.1 Å². The maximum absolute atomic E-state index is 2.26. The van der Waals surface area contributed by atoms with Gasteiger partial charge in [-0.2, -0.15) is 0 Å². The summed E-state index contributed by atoms with van der Waals surface area (Å²) in [6.45, 7) is 4.43. The largest absolute Gasteiger partial charge is 0.0773 e. The molecule has 2 aromatic carbocycles. The van der Waals surface area contributed by atoms with Crippen LogP contribution in [0, 0.1) is 12.8 Å². The third-order valence-corrected chi connectivity index (χ3v) is 3.62. The Morgan fingerprint density at radius 2 is 1.71 bits per heavy atom. The smallest absolute Gasteiger partial charge is 0.000117 e. The van der Waals surface area contributed by atoms with Crippen molar-refractivity contribution >= 4 is 16.3 Å². The van der Waals surface area contributed by atoms with Crippen molar-refractivity contribution in [2.24, 2.45) is 5.92 Å². The molecular formula is C17H16. The Kier molecular flexibility index (Phi) is 2.36. The lowest BCUT2D eigenvalue weighted by Crippen LogP contribution is -1.94. The average molecular weight is 220 g/mol. The van der Waals surface area contributed by atoms with Crippen LogP contribution in [0.3, 0.4) is 0 Å². The minimum Gasteiger partial charge on any atom is -0.0773 e. The van der Waals surface area contributed by atoms with Crippen LogP contribution in [0.5, 0.6) is 0 Å². The van der Waals surface area contributed by atoms with Crippen LogP contribution in [0.15, 0.2) is 54.6 Å². The Morgan fingerprint density at radius 3 is 2.41 bits per heavy atom. The first-order chi connectivity index (χ1) is 8.27. The highest BCUT2D eigenvalue weighted by molar-refractivity contribution is 5.97. The molecule has 2 aromatic rings. The molecule has 0 fully saturated rings. The highest BCUT2D eigenvalue weighted by Crippen LogP contribution is 2.34. The van der Waals surface area contributed by atoms with Gasteiger partial charge in [-0.15, -0.1) is 0 Å². The van der Waals surface area contributed by atoms with E-state index in [4.69, 9.17) is 0 Å². The van der Waals surface area contributed by atoms with Gasteiger partial charge in [-0.3, -0.25) is 0 Å². The van der Waals surface area contributed by atoms with Crippen molar-refractivity contribution in [1.82, 2.24) is 0 Å². The second-order valence-corrected chi connectivity index (χ2v) is 4.77.